The van der Waals surface area contributed by atoms with Crippen molar-refractivity contribution in [3.8, 4) is 0 Å². The molecule has 33 heavy (non-hydrogen) atoms. The monoisotopic (exact) mass is 527 g/mol. The van der Waals surface area contributed by atoms with Crippen molar-refractivity contribution in [1.29, 1.82) is 0 Å². The lowest BCUT2D eigenvalue weighted by molar-refractivity contribution is -0.176. The fourth-order valence-corrected chi connectivity index (χ4v) is 4.67. The van der Waals surface area contributed by atoms with Crippen molar-refractivity contribution in [3.63, 3.8) is 0 Å². The first-order chi connectivity index (χ1) is 15.9. The Labute approximate surface area is 212 Å². The lowest BCUT2D eigenvalue weighted by atomic mass is 9.82. The van der Waals surface area contributed by atoms with Gasteiger partial charge in [0.25, 0.3) is 0 Å². The molecule has 8 heteroatoms. The van der Waals surface area contributed by atoms with Crippen molar-refractivity contribution in [2.45, 2.75) is 31.3 Å². The van der Waals surface area contributed by atoms with Crippen molar-refractivity contribution >= 4 is 46.4 Å². The van der Waals surface area contributed by atoms with Gasteiger partial charge in [-0.25, -0.2) is 4.39 Å². The summed E-state index contributed by atoms with van der Waals surface area (Å²) in [6, 6.07) is 17.8. The Morgan fingerprint density at radius 2 is 1.70 bits per heavy atom. The standard InChI is InChI=1S/C25H22Cl4FNO2/c26-19-7-5-18(6-8-19)25(33-15-17-2-1-3-21(28)24(17)30)10-11-31-13-23(25)32-14-16-4-9-20(27)22(29)12-16/h1-9,12,23,31H,10-11,13-15H2/t23-,25-/m0/s1. The van der Waals surface area contributed by atoms with Crippen molar-refractivity contribution < 1.29 is 13.9 Å². The molecule has 1 aliphatic rings. The van der Waals surface area contributed by atoms with Crippen LogP contribution in [0.3, 0.4) is 0 Å². The van der Waals surface area contributed by atoms with Crippen molar-refractivity contribution in [1.82, 2.24) is 5.32 Å². The van der Waals surface area contributed by atoms with Crippen LogP contribution in [0.5, 0.6) is 0 Å². The highest BCUT2D eigenvalue weighted by atomic mass is 35.5. The van der Waals surface area contributed by atoms with Crippen LogP contribution < -0.4 is 5.32 Å². The van der Waals surface area contributed by atoms with E-state index < -0.39 is 11.4 Å². The molecule has 1 fully saturated rings. The van der Waals surface area contributed by atoms with E-state index in [0.29, 0.717) is 46.7 Å². The van der Waals surface area contributed by atoms with Crippen molar-refractivity contribution in [3.05, 3.63) is 103 Å². The highest BCUT2D eigenvalue weighted by Crippen LogP contribution is 2.39. The van der Waals surface area contributed by atoms with Crippen LogP contribution in [-0.4, -0.2) is 19.2 Å². The van der Waals surface area contributed by atoms with Crippen LogP contribution in [-0.2, 0) is 28.3 Å². The van der Waals surface area contributed by atoms with Crippen LogP contribution in [0.4, 0.5) is 4.39 Å². The molecule has 3 nitrogen and oxygen atoms in total. The molecule has 0 bridgehead atoms. The first-order valence-electron chi connectivity index (χ1n) is 10.5. The van der Waals surface area contributed by atoms with Gasteiger partial charge in [0.05, 0.1) is 28.3 Å². The largest absolute Gasteiger partial charge is 0.369 e. The minimum absolute atomic E-state index is 0.0433. The zero-order valence-corrected chi connectivity index (χ0v) is 20.6. The third-order valence-electron chi connectivity index (χ3n) is 5.81. The van der Waals surface area contributed by atoms with E-state index >= 15 is 0 Å². The summed E-state index contributed by atoms with van der Waals surface area (Å²) in [7, 11) is 0. The van der Waals surface area contributed by atoms with Crippen molar-refractivity contribution in [2.24, 2.45) is 0 Å². The predicted molar refractivity (Wildman–Crippen MR) is 132 cm³/mol. The van der Waals surface area contributed by atoms with Gasteiger partial charge >= 0.3 is 0 Å². The lowest BCUT2D eigenvalue weighted by Crippen LogP contribution is -2.54. The number of ether oxygens (including phenoxy) is 2. The second-order valence-electron chi connectivity index (χ2n) is 7.90. The maximum absolute atomic E-state index is 14.6. The van der Waals surface area contributed by atoms with Crippen LogP contribution in [0.15, 0.2) is 60.7 Å². The molecule has 4 rings (SSSR count). The summed E-state index contributed by atoms with van der Waals surface area (Å²) in [5.41, 5.74) is 1.37. The second kappa shape index (κ2) is 10.9. The van der Waals surface area contributed by atoms with E-state index in [4.69, 9.17) is 55.9 Å². The van der Waals surface area contributed by atoms with Gasteiger partial charge in [0.1, 0.15) is 17.5 Å². The molecule has 0 saturated carbocycles. The van der Waals surface area contributed by atoms with E-state index in [9.17, 15) is 4.39 Å². The molecule has 2 atom stereocenters. The molecule has 1 saturated heterocycles. The van der Waals surface area contributed by atoms with Gasteiger partial charge in [0.2, 0.25) is 0 Å². The summed E-state index contributed by atoms with van der Waals surface area (Å²) in [5, 5.41) is 5.02. The quantitative estimate of drug-likeness (QED) is 0.346. The third kappa shape index (κ3) is 5.66. The number of hydrogen-bond acceptors (Lipinski definition) is 3. The van der Waals surface area contributed by atoms with Crippen LogP contribution in [0.1, 0.15) is 23.1 Å². The average molecular weight is 529 g/mol. The molecule has 3 aromatic carbocycles. The molecule has 1 aliphatic heterocycles. The topological polar surface area (TPSA) is 30.5 Å². The number of hydrogen-bond donors (Lipinski definition) is 1. The molecule has 0 amide bonds. The SMILES string of the molecule is Fc1c(Cl)cccc1CO[C@]1(c2ccc(Cl)cc2)CCNC[C@@H]1OCc1ccc(Cl)c(Cl)c1. The number of benzene rings is 3. The number of halogens is 5. The molecule has 1 N–H and O–H groups in total. The maximum atomic E-state index is 14.6. The van der Waals surface area contributed by atoms with E-state index in [-0.39, 0.29) is 17.7 Å². The number of nitrogens with one attached hydrogen (secondary N) is 1. The molecule has 0 aromatic heterocycles. The number of piperidine rings is 1. The zero-order valence-electron chi connectivity index (χ0n) is 17.6. The Morgan fingerprint density at radius 1 is 0.909 bits per heavy atom. The van der Waals surface area contributed by atoms with Crippen LogP contribution in [0.2, 0.25) is 20.1 Å². The van der Waals surface area contributed by atoms with Gasteiger partial charge in [-0.1, -0.05) is 76.7 Å². The summed E-state index contributed by atoms with van der Waals surface area (Å²) in [6.45, 7) is 1.63. The van der Waals surface area contributed by atoms with Gasteiger partial charge in [0, 0.05) is 17.1 Å². The fourth-order valence-electron chi connectivity index (χ4n) is 4.03. The Bertz CT molecular complexity index is 1110. The summed E-state index contributed by atoms with van der Waals surface area (Å²) < 4.78 is 27.4. The Morgan fingerprint density at radius 3 is 2.45 bits per heavy atom. The maximum Gasteiger partial charge on any atom is 0.147 e. The highest BCUT2D eigenvalue weighted by molar-refractivity contribution is 6.42. The van der Waals surface area contributed by atoms with E-state index in [1.807, 2.05) is 30.3 Å². The number of rotatable bonds is 7. The molecular weight excluding hydrogens is 507 g/mol. The Hall–Kier alpha value is -1.37. The van der Waals surface area contributed by atoms with Crippen LogP contribution in [0, 0.1) is 5.82 Å². The normalized spacial score (nSPS) is 20.7. The molecule has 3 aromatic rings. The molecule has 0 radical (unpaired) electrons. The van der Waals surface area contributed by atoms with Gasteiger partial charge in [-0.15, -0.1) is 0 Å². The minimum atomic E-state index is -0.819. The zero-order chi connectivity index (χ0) is 23.4. The summed E-state index contributed by atoms with van der Waals surface area (Å²) in [4.78, 5) is 0. The molecule has 0 unspecified atom stereocenters. The summed E-state index contributed by atoms with van der Waals surface area (Å²) >= 11 is 24.3. The van der Waals surface area contributed by atoms with Crippen LogP contribution >= 0.6 is 46.4 Å². The lowest BCUT2D eigenvalue weighted by Gasteiger charge is -2.44. The smallest absolute Gasteiger partial charge is 0.147 e. The molecule has 174 valence electrons. The minimum Gasteiger partial charge on any atom is -0.369 e. The first kappa shape index (κ1) is 24.7. The summed E-state index contributed by atoms with van der Waals surface area (Å²) in [5.74, 6) is -0.479. The highest BCUT2D eigenvalue weighted by Gasteiger charge is 2.44. The van der Waals surface area contributed by atoms with Gasteiger partial charge in [-0.05, 0) is 54.4 Å². The van der Waals surface area contributed by atoms with E-state index in [1.165, 1.54) is 6.07 Å². The van der Waals surface area contributed by atoms with Gasteiger partial charge in [0.15, 0.2) is 0 Å². The van der Waals surface area contributed by atoms with Crippen LogP contribution in [0.25, 0.3) is 0 Å². The Kier molecular flexibility index (Phi) is 8.19. The van der Waals surface area contributed by atoms with E-state index in [1.54, 1.807) is 24.3 Å². The summed E-state index contributed by atoms with van der Waals surface area (Å²) in [6.07, 6.45) is 0.271. The Balaban J connectivity index is 1.63. The third-order valence-corrected chi connectivity index (χ3v) is 7.09. The van der Waals surface area contributed by atoms with Gasteiger partial charge in [-0.3, -0.25) is 0 Å². The van der Waals surface area contributed by atoms with Gasteiger partial charge in [-0.2, -0.15) is 0 Å². The molecule has 0 spiro atoms. The first-order valence-corrected chi connectivity index (χ1v) is 12.0. The van der Waals surface area contributed by atoms with E-state index in [2.05, 4.69) is 5.32 Å². The van der Waals surface area contributed by atoms with E-state index in [0.717, 1.165) is 11.1 Å². The second-order valence-corrected chi connectivity index (χ2v) is 9.56. The predicted octanol–water partition coefficient (Wildman–Crippen LogP) is 7.43. The fraction of sp³-hybridized carbons (Fsp3) is 0.280. The average Bonchev–Trinajstić information content (AvgIpc) is 2.82. The molecule has 1 heterocycles. The van der Waals surface area contributed by atoms with Crippen molar-refractivity contribution in [2.75, 3.05) is 13.1 Å². The molecular formula is C25H22Cl4FNO2. The van der Waals surface area contributed by atoms with Gasteiger partial charge < -0.3 is 14.8 Å². The molecule has 0 aliphatic carbocycles.